The Balaban J connectivity index is 2.38. The Bertz CT molecular complexity index is 387. The summed E-state index contributed by atoms with van der Waals surface area (Å²) in [4.78, 5) is 15.7. The molecule has 5 nitrogen and oxygen atoms in total. The molecule has 0 aliphatic carbocycles. The Kier molecular flexibility index (Phi) is 6.67. The first-order valence-corrected chi connectivity index (χ1v) is 6.48. The average molecular weight is 317 g/mol. The lowest BCUT2D eigenvalue weighted by Crippen LogP contribution is -2.37. The SMILES string of the molecule is COCCCNC(=O)C(C)Oc1cccnc1Br. The molecule has 1 N–H and O–H groups in total. The number of rotatable bonds is 7. The van der Waals surface area contributed by atoms with Gasteiger partial charge in [-0.25, -0.2) is 4.98 Å². The summed E-state index contributed by atoms with van der Waals surface area (Å²) in [7, 11) is 1.63. The number of hydrogen-bond donors (Lipinski definition) is 1. The Morgan fingerprint density at radius 2 is 2.39 bits per heavy atom. The summed E-state index contributed by atoms with van der Waals surface area (Å²) in [6.45, 7) is 2.91. The van der Waals surface area contributed by atoms with Crippen molar-refractivity contribution in [2.75, 3.05) is 20.3 Å². The molecule has 100 valence electrons. The minimum absolute atomic E-state index is 0.151. The molecule has 6 heteroatoms. The fraction of sp³-hybridized carbons (Fsp3) is 0.500. The number of pyridine rings is 1. The van der Waals surface area contributed by atoms with Gasteiger partial charge >= 0.3 is 0 Å². The van der Waals surface area contributed by atoms with Gasteiger partial charge in [0.2, 0.25) is 0 Å². The number of carbonyl (C=O) groups excluding carboxylic acids is 1. The van der Waals surface area contributed by atoms with E-state index in [1.54, 1.807) is 32.4 Å². The first kappa shape index (κ1) is 14.9. The average Bonchev–Trinajstić information content (AvgIpc) is 2.37. The van der Waals surface area contributed by atoms with Crippen LogP contribution in [0.1, 0.15) is 13.3 Å². The number of methoxy groups -OCH3 is 1. The third-order valence-electron chi connectivity index (χ3n) is 2.22. The van der Waals surface area contributed by atoms with E-state index in [1.165, 1.54) is 0 Å². The summed E-state index contributed by atoms with van der Waals surface area (Å²) in [6, 6.07) is 3.51. The van der Waals surface area contributed by atoms with E-state index in [-0.39, 0.29) is 5.91 Å². The van der Waals surface area contributed by atoms with E-state index < -0.39 is 6.10 Å². The Hall–Kier alpha value is -1.14. The molecule has 1 atom stereocenters. The summed E-state index contributed by atoms with van der Waals surface area (Å²) in [6.07, 6.45) is 1.87. The third-order valence-corrected chi connectivity index (χ3v) is 2.82. The summed E-state index contributed by atoms with van der Waals surface area (Å²) >= 11 is 3.26. The van der Waals surface area contributed by atoms with E-state index in [1.807, 2.05) is 0 Å². The highest BCUT2D eigenvalue weighted by molar-refractivity contribution is 9.10. The first-order chi connectivity index (χ1) is 8.65. The normalized spacial score (nSPS) is 11.9. The lowest BCUT2D eigenvalue weighted by Gasteiger charge is -2.15. The molecule has 0 bridgehead atoms. The number of nitrogens with one attached hydrogen (secondary N) is 1. The van der Waals surface area contributed by atoms with Crippen molar-refractivity contribution < 1.29 is 14.3 Å². The van der Waals surface area contributed by atoms with Gasteiger partial charge < -0.3 is 14.8 Å². The predicted octanol–water partition coefficient (Wildman–Crippen LogP) is 1.76. The van der Waals surface area contributed by atoms with Crippen molar-refractivity contribution in [1.29, 1.82) is 0 Å². The zero-order valence-electron chi connectivity index (χ0n) is 10.5. The minimum atomic E-state index is -0.562. The van der Waals surface area contributed by atoms with E-state index in [4.69, 9.17) is 9.47 Å². The lowest BCUT2D eigenvalue weighted by atomic mass is 10.3. The smallest absolute Gasteiger partial charge is 0.260 e. The maximum Gasteiger partial charge on any atom is 0.260 e. The number of hydrogen-bond acceptors (Lipinski definition) is 4. The molecular weight excluding hydrogens is 300 g/mol. The molecule has 1 heterocycles. The van der Waals surface area contributed by atoms with E-state index in [9.17, 15) is 4.79 Å². The van der Waals surface area contributed by atoms with E-state index in [2.05, 4.69) is 26.2 Å². The van der Waals surface area contributed by atoms with Crippen molar-refractivity contribution in [3.8, 4) is 5.75 Å². The second-order valence-electron chi connectivity index (χ2n) is 3.69. The molecular formula is C12H17BrN2O3. The highest BCUT2D eigenvalue weighted by atomic mass is 79.9. The number of carbonyl (C=O) groups is 1. The standard InChI is InChI=1S/C12H17BrN2O3/c1-9(12(16)15-7-4-8-17-2)18-10-5-3-6-14-11(10)13/h3,5-6,9H,4,7-8H2,1-2H3,(H,15,16). The molecule has 0 spiro atoms. The predicted molar refractivity (Wildman–Crippen MR) is 71.5 cm³/mol. The maximum atomic E-state index is 11.7. The Morgan fingerprint density at radius 3 is 3.06 bits per heavy atom. The molecule has 1 amide bonds. The van der Waals surface area contributed by atoms with Gasteiger partial charge in [0.15, 0.2) is 11.9 Å². The van der Waals surface area contributed by atoms with Gasteiger partial charge in [-0.1, -0.05) is 0 Å². The van der Waals surface area contributed by atoms with Crippen LogP contribution in [0.25, 0.3) is 0 Å². The number of ether oxygens (including phenoxy) is 2. The van der Waals surface area contributed by atoms with Gasteiger partial charge in [-0.05, 0) is 41.4 Å². The first-order valence-electron chi connectivity index (χ1n) is 5.69. The van der Waals surface area contributed by atoms with E-state index >= 15 is 0 Å². The molecule has 0 aromatic carbocycles. The van der Waals surface area contributed by atoms with Crippen LogP contribution in [0.2, 0.25) is 0 Å². The summed E-state index contributed by atoms with van der Waals surface area (Å²) in [5, 5.41) is 2.78. The summed E-state index contributed by atoms with van der Waals surface area (Å²) in [5.41, 5.74) is 0. The fourth-order valence-corrected chi connectivity index (χ4v) is 1.62. The fourth-order valence-electron chi connectivity index (χ4n) is 1.27. The molecule has 0 saturated heterocycles. The van der Waals surface area contributed by atoms with Gasteiger partial charge in [-0.15, -0.1) is 0 Å². The molecule has 0 aliphatic heterocycles. The third kappa shape index (κ3) is 5.01. The van der Waals surface area contributed by atoms with Gasteiger partial charge in [-0.2, -0.15) is 0 Å². The molecule has 1 unspecified atom stereocenters. The van der Waals surface area contributed by atoms with Crippen LogP contribution in [0.15, 0.2) is 22.9 Å². The molecule has 0 aliphatic rings. The summed E-state index contributed by atoms with van der Waals surface area (Å²) < 4.78 is 11.0. The van der Waals surface area contributed by atoms with Crippen LogP contribution < -0.4 is 10.1 Å². The summed E-state index contributed by atoms with van der Waals surface area (Å²) in [5.74, 6) is 0.402. The van der Waals surface area contributed by atoms with Crippen molar-refractivity contribution in [3.05, 3.63) is 22.9 Å². The molecule has 18 heavy (non-hydrogen) atoms. The quantitative estimate of drug-likeness (QED) is 0.615. The van der Waals surface area contributed by atoms with Gasteiger partial charge in [0, 0.05) is 26.5 Å². The van der Waals surface area contributed by atoms with Crippen LogP contribution in [0.3, 0.4) is 0 Å². The van der Waals surface area contributed by atoms with Crippen LogP contribution in [-0.4, -0.2) is 37.3 Å². The van der Waals surface area contributed by atoms with Crippen LogP contribution in [0.5, 0.6) is 5.75 Å². The van der Waals surface area contributed by atoms with E-state index in [0.717, 1.165) is 6.42 Å². The number of halogens is 1. The topological polar surface area (TPSA) is 60.5 Å². The Morgan fingerprint density at radius 1 is 1.61 bits per heavy atom. The van der Waals surface area contributed by atoms with Gasteiger partial charge in [0.05, 0.1) is 0 Å². The maximum absolute atomic E-state index is 11.7. The zero-order valence-corrected chi connectivity index (χ0v) is 12.1. The minimum Gasteiger partial charge on any atom is -0.478 e. The molecule has 1 aromatic heterocycles. The van der Waals surface area contributed by atoms with E-state index in [0.29, 0.717) is 23.5 Å². The van der Waals surface area contributed by atoms with Gasteiger partial charge in [-0.3, -0.25) is 4.79 Å². The van der Waals surface area contributed by atoms with Gasteiger partial charge in [0.25, 0.3) is 5.91 Å². The molecule has 1 rings (SSSR count). The number of aromatic nitrogens is 1. The molecule has 0 radical (unpaired) electrons. The van der Waals surface area contributed by atoms with Crippen molar-refractivity contribution >= 4 is 21.8 Å². The highest BCUT2D eigenvalue weighted by Crippen LogP contribution is 2.22. The largest absolute Gasteiger partial charge is 0.478 e. The van der Waals surface area contributed by atoms with Crippen LogP contribution in [0, 0.1) is 0 Å². The van der Waals surface area contributed by atoms with Gasteiger partial charge in [0.1, 0.15) is 4.60 Å². The molecule has 0 saturated carbocycles. The van der Waals surface area contributed by atoms with Crippen molar-refractivity contribution in [2.45, 2.75) is 19.4 Å². The molecule has 1 aromatic rings. The lowest BCUT2D eigenvalue weighted by molar-refractivity contribution is -0.127. The van der Waals surface area contributed by atoms with Crippen LogP contribution in [0.4, 0.5) is 0 Å². The Labute approximate surface area is 115 Å². The van der Waals surface area contributed by atoms with Crippen molar-refractivity contribution in [1.82, 2.24) is 10.3 Å². The highest BCUT2D eigenvalue weighted by Gasteiger charge is 2.15. The van der Waals surface area contributed by atoms with Crippen molar-refractivity contribution in [3.63, 3.8) is 0 Å². The molecule has 0 fully saturated rings. The van der Waals surface area contributed by atoms with Crippen LogP contribution >= 0.6 is 15.9 Å². The zero-order chi connectivity index (χ0) is 13.4. The second-order valence-corrected chi connectivity index (χ2v) is 4.44. The number of amides is 1. The van der Waals surface area contributed by atoms with Crippen LogP contribution in [-0.2, 0) is 9.53 Å². The monoisotopic (exact) mass is 316 g/mol. The number of nitrogens with zero attached hydrogens (tertiary/aromatic N) is 1. The van der Waals surface area contributed by atoms with Crippen molar-refractivity contribution in [2.24, 2.45) is 0 Å². The second kappa shape index (κ2) is 8.05.